The number of unbranched alkanes of at least 4 members (excludes halogenated alkanes) is 1. The molecule has 22 heavy (non-hydrogen) atoms. The summed E-state index contributed by atoms with van der Waals surface area (Å²) in [4.78, 5) is 11.0. The number of carbonyl (C=O) groups excluding carboxylic acids is 1. The van der Waals surface area contributed by atoms with Crippen molar-refractivity contribution < 1.29 is 9.53 Å². The van der Waals surface area contributed by atoms with Crippen LogP contribution in [0.4, 0.5) is 0 Å². The Bertz CT molecular complexity index is 579. The van der Waals surface area contributed by atoms with E-state index < -0.39 is 0 Å². The maximum Gasteiger partial charge on any atom is 0.172 e. The smallest absolute Gasteiger partial charge is 0.172 e. The SMILES string of the molecule is CC(C)Cc1c(C=O)nnn1CCCCOc1ccccc1. The highest BCUT2D eigenvalue weighted by Crippen LogP contribution is 2.12. The van der Waals surface area contributed by atoms with Crippen LogP contribution in [0.3, 0.4) is 0 Å². The van der Waals surface area contributed by atoms with Crippen LogP contribution in [0, 0.1) is 5.92 Å². The number of aromatic nitrogens is 3. The molecule has 2 rings (SSSR count). The molecular formula is C17H23N3O2. The molecule has 1 heterocycles. The van der Waals surface area contributed by atoms with Crippen LogP contribution in [0.25, 0.3) is 0 Å². The molecule has 0 spiro atoms. The molecule has 0 radical (unpaired) electrons. The molecule has 118 valence electrons. The summed E-state index contributed by atoms with van der Waals surface area (Å²) >= 11 is 0. The molecular weight excluding hydrogens is 278 g/mol. The van der Waals surface area contributed by atoms with Crippen molar-refractivity contribution in [3.63, 3.8) is 0 Å². The van der Waals surface area contributed by atoms with Gasteiger partial charge in [0.05, 0.1) is 12.3 Å². The van der Waals surface area contributed by atoms with E-state index in [-0.39, 0.29) is 0 Å². The van der Waals surface area contributed by atoms with Crippen LogP contribution in [0.2, 0.25) is 0 Å². The summed E-state index contributed by atoms with van der Waals surface area (Å²) in [6, 6.07) is 9.80. The Morgan fingerprint density at radius 3 is 2.68 bits per heavy atom. The van der Waals surface area contributed by atoms with Crippen molar-refractivity contribution >= 4 is 6.29 Å². The zero-order chi connectivity index (χ0) is 15.8. The molecule has 0 N–H and O–H groups in total. The fourth-order valence-electron chi connectivity index (χ4n) is 2.28. The number of carbonyl (C=O) groups is 1. The first-order valence-corrected chi connectivity index (χ1v) is 7.76. The molecule has 0 bridgehead atoms. The van der Waals surface area contributed by atoms with E-state index in [1.165, 1.54) is 0 Å². The Morgan fingerprint density at radius 1 is 1.23 bits per heavy atom. The third-order valence-corrected chi connectivity index (χ3v) is 3.36. The van der Waals surface area contributed by atoms with E-state index >= 15 is 0 Å². The van der Waals surface area contributed by atoms with Crippen LogP contribution in [-0.2, 0) is 13.0 Å². The molecule has 1 aromatic heterocycles. The monoisotopic (exact) mass is 301 g/mol. The normalized spacial score (nSPS) is 10.9. The number of rotatable bonds is 9. The van der Waals surface area contributed by atoms with Crippen molar-refractivity contribution in [2.24, 2.45) is 5.92 Å². The maximum absolute atomic E-state index is 11.0. The van der Waals surface area contributed by atoms with Gasteiger partial charge in [0.1, 0.15) is 11.4 Å². The summed E-state index contributed by atoms with van der Waals surface area (Å²) in [5.41, 5.74) is 1.41. The molecule has 0 aliphatic heterocycles. The molecule has 0 amide bonds. The summed E-state index contributed by atoms with van der Waals surface area (Å²) < 4.78 is 7.52. The fraction of sp³-hybridized carbons (Fsp3) is 0.471. The Hall–Kier alpha value is -2.17. The Balaban J connectivity index is 1.79. The Labute approximate surface area is 131 Å². The van der Waals surface area contributed by atoms with Gasteiger partial charge in [0.15, 0.2) is 6.29 Å². The lowest BCUT2D eigenvalue weighted by molar-refractivity contribution is 0.111. The third kappa shape index (κ3) is 4.69. The van der Waals surface area contributed by atoms with Gasteiger partial charge in [-0.15, -0.1) is 5.10 Å². The number of hydrogen-bond acceptors (Lipinski definition) is 4. The summed E-state index contributed by atoms with van der Waals surface area (Å²) in [7, 11) is 0. The van der Waals surface area contributed by atoms with Gasteiger partial charge in [-0.05, 0) is 37.3 Å². The highest BCUT2D eigenvalue weighted by molar-refractivity contribution is 5.73. The van der Waals surface area contributed by atoms with Crippen LogP contribution in [0.15, 0.2) is 30.3 Å². The topological polar surface area (TPSA) is 57.0 Å². The summed E-state index contributed by atoms with van der Waals surface area (Å²) in [5, 5.41) is 8.04. The minimum absolute atomic E-state index is 0.467. The van der Waals surface area contributed by atoms with Gasteiger partial charge in [0, 0.05) is 6.54 Å². The molecule has 0 atom stereocenters. The fourth-order valence-corrected chi connectivity index (χ4v) is 2.28. The molecule has 0 fully saturated rings. The molecule has 2 aromatic rings. The highest BCUT2D eigenvalue weighted by Gasteiger charge is 2.13. The van der Waals surface area contributed by atoms with Crippen LogP contribution >= 0.6 is 0 Å². The average molecular weight is 301 g/mol. The predicted octanol–water partition coefficient (Wildman–Crippen LogP) is 3.15. The van der Waals surface area contributed by atoms with E-state index in [2.05, 4.69) is 24.2 Å². The number of aldehydes is 1. The Kier molecular flexibility index (Phi) is 6.13. The second-order valence-electron chi connectivity index (χ2n) is 5.73. The van der Waals surface area contributed by atoms with Crippen molar-refractivity contribution in [3.05, 3.63) is 41.7 Å². The van der Waals surface area contributed by atoms with E-state index in [0.29, 0.717) is 18.2 Å². The number of benzene rings is 1. The van der Waals surface area contributed by atoms with Gasteiger partial charge < -0.3 is 4.74 Å². The average Bonchev–Trinajstić information content (AvgIpc) is 2.89. The lowest BCUT2D eigenvalue weighted by Gasteiger charge is -2.09. The first kappa shape index (κ1) is 16.2. The third-order valence-electron chi connectivity index (χ3n) is 3.36. The number of aryl methyl sites for hydroxylation is 1. The van der Waals surface area contributed by atoms with Crippen molar-refractivity contribution in [1.29, 1.82) is 0 Å². The summed E-state index contributed by atoms with van der Waals surface area (Å²) in [6.45, 7) is 5.69. The summed E-state index contributed by atoms with van der Waals surface area (Å²) in [6.07, 6.45) is 3.49. The van der Waals surface area contributed by atoms with Gasteiger partial charge in [-0.2, -0.15) is 0 Å². The molecule has 1 aromatic carbocycles. The lowest BCUT2D eigenvalue weighted by atomic mass is 10.1. The van der Waals surface area contributed by atoms with E-state index in [1.807, 2.05) is 35.0 Å². The van der Waals surface area contributed by atoms with Crippen LogP contribution in [0.5, 0.6) is 5.75 Å². The van der Waals surface area contributed by atoms with Crippen molar-refractivity contribution in [2.75, 3.05) is 6.61 Å². The van der Waals surface area contributed by atoms with Gasteiger partial charge >= 0.3 is 0 Å². The van der Waals surface area contributed by atoms with Crippen molar-refractivity contribution in [3.8, 4) is 5.75 Å². The minimum atomic E-state index is 0.467. The predicted molar refractivity (Wildman–Crippen MR) is 85.1 cm³/mol. The second-order valence-corrected chi connectivity index (χ2v) is 5.73. The van der Waals surface area contributed by atoms with E-state index in [1.54, 1.807) is 0 Å². The number of ether oxygens (including phenoxy) is 1. The quantitative estimate of drug-likeness (QED) is 0.527. The number of para-hydroxylation sites is 1. The molecule has 0 unspecified atom stereocenters. The lowest BCUT2D eigenvalue weighted by Crippen LogP contribution is -2.10. The minimum Gasteiger partial charge on any atom is -0.494 e. The highest BCUT2D eigenvalue weighted by atomic mass is 16.5. The zero-order valence-corrected chi connectivity index (χ0v) is 13.2. The molecule has 0 aliphatic rings. The largest absolute Gasteiger partial charge is 0.494 e. The Morgan fingerprint density at radius 2 is 2.00 bits per heavy atom. The van der Waals surface area contributed by atoms with Gasteiger partial charge in [-0.3, -0.25) is 4.79 Å². The number of nitrogens with zero attached hydrogens (tertiary/aromatic N) is 3. The van der Waals surface area contributed by atoms with Crippen LogP contribution in [0.1, 0.15) is 42.9 Å². The maximum atomic E-state index is 11.0. The van der Waals surface area contributed by atoms with E-state index in [0.717, 1.165) is 43.5 Å². The standard InChI is InChI=1S/C17H23N3O2/c1-14(2)12-17-16(13-21)18-19-20(17)10-6-7-11-22-15-8-4-3-5-9-15/h3-5,8-9,13-14H,6-7,10-12H2,1-2H3. The second kappa shape index (κ2) is 8.32. The molecule has 0 saturated carbocycles. The molecule has 0 saturated heterocycles. The summed E-state index contributed by atoms with van der Waals surface area (Å²) in [5.74, 6) is 1.37. The van der Waals surface area contributed by atoms with Crippen molar-refractivity contribution in [1.82, 2.24) is 15.0 Å². The van der Waals surface area contributed by atoms with Crippen LogP contribution < -0.4 is 4.74 Å². The first-order valence-electron chi connectivity index (χ1n) is 7.76. The van der Waals surface area contributed by atoms with E-state index in [9.17, 15) is 4.79 Å². The van der Waals surface area contributed by atoms with Gasteiger partial charge in [0.2, 0.25) is 0 Å². The van der Waals surface area contributed by atoms with Gasteiger partial charge in [-0.1, -0.05) is 37.3 Å². The molecule has 5 heteroatoms. The zero-order valence-electron chi connectivity index (χ0n) is 13.2. The van der Waals surface area contributed by atoms with Crippen molar-refractivity contribution in [2.45, 2.75) is 39.7 Å². The van der Waals surface area contributed by atoms with Gasteiger partial charge in [0.25, 0.3) is 0 Å². The van der Waals surface area contributed by atoms with Crippen LogP contribution in [-0.4, -0.2) is 27.9 Å². The van der Waals surface area contributed by atoms with E-state index in [4.69, 9.17) is 4.74 Å². The molecule has 0 aliphatic carbocycles. The van der Waals surface area contributed by atoms with Gasteiger partial charge in [-0.25, -0.2) is 4.68 Å². The number of hydrogen-bond donors (Lipinski definition) is 0. The first-order chi connectivity index (χ1) is 10.7. The molecule has 5 nitrogen and oxygen atoms in total.